The van der Waals surface area contributed by atoms with Crippen molar-refractivity contribution in [2.24, 2.45) is 4.99 Å². The number of hydrogen-bond donors (Lipinski definition) is 1. The summed E-state index contributed by atoms with van der Waals surface area (Å²) in [5.74, 6) is 1.07. The fraction of sp³-hybridized carbons (Fsp3) is 0.217. The van der Waals surface area contributed by atoms with E-state index < -0.39 is 0 Å². The lowest BCUT2D eigenvalue weighted by Gasteiger charge is -2.27. The number of aromatic nitrogens is 2. The maximum Gasteiger partial charge on any atom is 0.257 e. The smallest absolute Gasteiger partial charge is 0.257 e. The minimum atomic E-state index is -0.216. The maximum atomic E-state index is 12.8. The van der Waals surface area contributed by atoms with E-state index >= 15 is 0 Å². The molecule has 0 spiro atoms. The van der Waals surface area contributed by atoms with E-state index in [1.807, 2.05) is 37.3 Å². The van der Waals surface area contributed by atoms with E-state index in [0.717, 1.165) is 35.2 Å². The molecule has 0 saturated carbocycles. The highest BCUT2D eigenvalue weighted by molar-refractivity contribution is 6.05. The fourth-order valence-corrected chi connectivity index (χ4v) is 3.26. The van der Waals surface area contributed by atoms with Crippen LogP contribution in [-0.4, -0.2) is 48.4 Å². The van der Waals surface area contributed by atoms with Crippen molar-refractivity contribution < 1.29 is 9.53 Å². The highest BCUT2D eigenvalue weighted by atomic mass is 16.5. The highest BCUT2D eigenvalue weighted by Crippen LogP contribution is 2.20. The van der Waals surface area contributed by atoms with Crippen LogP contribution >= 0.6 is 0 Å². The third kappa shape index (κ3) is 4.69. The number of morpholine rings is 1. The monoisotopic (exact) mass is 401 g/mol. The SMILES string of the molecule is C/C=N/C=C/c1ccc2cnc(NC(=O)c3ccnc(N4CCOCC4)c3)cc2c1. The third-order valence-corrected chi connectivity index (χ3v) is 4.83. The number of pyridine rings is 2. The molecule has 0 unspecified atom stereocenters. The van der Waals surface area contributed by atoms with E-state index in [1.54, 1.807) is 36.9 Å². The van der Waals surface area contributed by atoms with Crippen LogP contribution < -0.4 is 10.2 Å². The number of benzene rings is 1. The largest absolute Gasteiger partial charge is 0.378 e. The van der Waals surface area contributed by atoms with Gasteiger partial charge in [0.1, 0.15) is 11.6 Å². The number of nitrogens with one attached hydrogen (secondary N) is 1. The normalized spacial score (nSPS) is 14.6. The number of anilines is 2. The molecule has 1 fully saturated rings. The van der Waals surface area contributed by atoms with Gasteiger partial charge in [0.05, 0.1) is 13.2 Å². The fourth-order valence-electron chi connectivity index (χ4n) is 3.26. The van der Waals surface area contributed by atoms with E-state index in [0.29, 0.717) is 24.6 Å². The number of amides is 1. The molecule has 0 bridgehead atoms. The molecule has 3 heterocycles. The number of ether oxygens (including phenoxy) is 1. The second kappa shape index (κ2) is 9.28. The summed E-state index contributed by atoms with van der Waals surface area (Å²) in [4.78, 5) is 27.7. The van der Waals surface area contributed by atoms with E-state index in [-0.39, 0.29) is 5.91 Å². The molecule has 0 aliphatic carbocycles. The van der Waals surface area contributed by atoms with Crippen LogP contribution in [0.2, 0.25) is 0 Å². The molecule has 1 saturated heterocycles. The zero-order chi connectivity index (χ0) is 20.8. The minimum absolute atomic E-state index is 0.216. The molecular formula is C23H23N5O2. The topological polar surface area (TPSA) is 79.7 Å². The summed E-state index contributed by atoms with van der Waals surface area (Å²) in [5.41, 5.74) is 1.57. The van der Waals surface area contributed by atoms with Crippen LogP contribution in [0.25, 0.3) is 16.8 Å². The molecule has 1 aromatic carbocycles. The number of fused-ring (bicyclic) bond motifs is 1. The molecule has 2 aromatic heterocycles. The van der Waals surface area contributed by atoms with Gasteiger partial charge in [-0.15, -0.1) is 0 Å². The van der Waals surface area contributed by atoms with E-state index in [1.165, 1.54) is 0 Å². The molecule has 0 radical (unpaired) electrons. The first-order valence-corrected chi connectivity index (χ1v) is 9.87. The Labute approximate surface area is 175 Å². The maximum absolute atomic E-state index is 12.8. The second-order valence-electron chi connectivity index (χ2n) is 6.86. The molecule has 1 N–H and O–H groups in total. The van der Waals surface area contributed by atoms with Gasteiger partial charge in [0.25, 0.3) is 5.91 Å². The van der Waals surface area contributed by atoms with Crippen LogP contribution in [0.4, 0.5) is 11.6 Å². The van der Waals surface area contributed by atoms with Crippen LogP contribution in [0.5, 0.6) is 0 Å². The zero-order valence-corrected chi connectivity index (χ0v) is 16.8. The van der Waals surface area contributed by atoms with Crippen LogP contribution in [0.15, 0.2) is 60.0 Å². The number of rotatable bonds is 5. The summed E-state index contributed by atoms with van der Waals surface area (Å²) in [6.45, 7) is 4.75. The molecule has 7 nitrogen and oxygen atoms in total. The summed E-state index contributed by atoms with van der Waals surface area (Å²) in [5, 5.41) is 4.88. The zero-order valence-electron chi connectivity index (χ0n) is 16.8. The molecule has 30 heavy (non-hydrogen) atoms. The average Bonchev–Trinajstić information content (AvgIpc) is 2.80. The van der Waals surface area contributed by atoms with Gasteiger partial charge in [-0.2, -0.15) is 0 Å². The summed E-state index contributed by atoms with van der Waals surface area (Å²) in [6.07, 6.45) is 8.83. The lowest BCUT2D eigenvalue weighted by molar-refractivity contribution is 0.102. The standard InChI is InChI=1S/C23H23N5O2/c1-2-24-7-5-17-3-4-19-16-26-21(14-20(19)13-17)27-23(29)18-6-8-25-22(15-18)28-9-11-30-12-10-28/h2-8,13-16H,9-12H2,1H3,(H,26,27,29)/b7-5+,24-2+. The van der Waals surface area contributed by atoms with Crippen molar-refractivity contribution in [2.45, 2.75) is 6.92 Å². The quantitative estimate of drug-likeness (QED) is 0.658. The Kier molecular flexibility index (Phi) is 6.10. The molecule has 3 aromatic rings. The van der Waals surface area contributed by atoms with E-state index in [4.69, 9.17) is 4.74 Å². The van der Waals surface area contributed by atoms with Crippen molar-refractivity contribution in [2.75, 3.05) is 36.5 Å². The lowest BCUT2D eigenvalue weighted by Crippen LogP contribution is -2.36. The number of nitrogens with zero attached hydrogens (tertiary/aromatic N) is 4. The predicted octanol–water partition coefficient (Wildman–Crippen LogP) is 3.78. The third-order valence-electron chi connectivity index (χ3n) is 4.83. The van der Waals surface area contributed by atoms with Gasteiger partial charge < -0.3 is 15.0 Å². The van der Waals surface area contributed by atoms with Crippen LogP contribution in [0, 0.1) is 0 Å². The Hall–Kier alpha value is -3.58. The highest BCUT2D eigenvalue weighted by Gasteiger charge is 2.15. The number of carbonyl (C=O) groups is 1. The molecule has 7 heteroatoms. The van der Waals surface area contributed by atoms with Gasteiger partial charge in [-0.1, -0.05) is 12.1 Å². The molecule has 4 rings (SSSR count). The average molecular weight is 401 g/mol. The van der Waals surface area contributed by atoms with Crippen LogP contribution in [-0.2, 0) is 4.74 Å². The van der Waals surface area contributed by atoms with Gasteiger partial charge in [-0.05, 0) is 48.2 Å². The van der Waals surface area contributed by atoms with Gasteiger partial charge in [-0.3, -0.25) is 9.79 Å². The van der Waals surface area contributed by atoms with Crippen molar-refractivity contribution in [3.8, 4) is 0 Å². The Morgan fingerprint density at radius 2 is 2.00 bits per heavy atom. The Balaban J connectivity index is 1.52. The molecule has 1 amide bonds. The van der Waals surface area contributed by atoms with Crippen molar-refractivity contribution in [3.05, 3.63) is 66.1 Å². The van der Waals surface area contributed by atoms with Crippen molar-refractivity contribution in [3.63, 3.8) is 0 Å². The number of carbonyl (C=O) groups excluding carboxylic acids is 1. The Bertz CT molecular complexity index is 1100. The van der Waals surface area contributed by atoms with E-state index in [9.17, 15) is 4.79 Å². The van der Waals surface area contributed by atoms with Gasteiger partial charge in [0.2, 0.25) is 0 Å². The van der Waals surface area contributed by atoms with Gasteiger partial charge in [-0.25, -0.2) is 9.97 Å². The second-order valence-corrected chi connectivity index (χ2v) is 6.86. The van der Waals surface area contributed by atoms with Gasteiger partial charge in [0, 0.05) is 48.8 Å². The van der Waals surface area contributed by atoms with Crippen molar-refractivity contribution in [1.82, 2.24) is 9.97 Å². The number of hydrogen-bond acceptors (Lipinski definition) is 6. The predicted molar refractivity (Wildman–Crippen MR) is 120 cm³/mol. The van der Waals surface area contributed by atoms with Crippen molar-refractivity contribution in [1.29, 1.82) is 0 Å². The molecule has 1 aliphatic heterocycles. The summed E-state index contributed by atoms with van der Waals surface area (Å²) >= 11 is 0. The van der Waals surface area contributed by atoms with Crippen molar-refractivity contribution >= 4 is 40.6 Å². The van der Waals surface area contributed by atoms with Crippen LogP contribution in [0.1, 0.15) is 22.8 Å². The van der Waals surface area contributed by atoms with E-state index in [2.05, 4.69) is 25.2 Å². The molecule has 0 atom stereocenters. The summed E-state index contributed by atoms with van der Waals surface area (Å²) in [6, 6.07) is 11.4. The summed E-state index contributed by atoms with van der Waals surface area (Å²) in [7, 11) is 0. The first kappa shape index (κ1) is 19.7. The van der Waals surface area contributed by atoms with Gasteiger partial charge >= 0.3 is 0 Å². The Morgan fingerprint density at radius 1 is 1.13 bits per heavy atom. The summed E-state index contributed by atoms with van der Waals surface area (Å²) < 4.78 is 5.38. The first-order chi connectivity index (χ1) is 14.7. The number of aliphatic imine (C=N–C) groups is 1. The van der Waals surface area contributed by atoms with Crippen LogP contribution in [0.3, 0.4) is 0 Å². The first-order valence-electron chi connectivity index (χ1n) is 9.87. The molecular weight excluding hydrogens is 378 g/mol. The Morgan fingerprint density at radius 3 is 2.83 bits per heavy atom. The molecule has 152 valence electrons. The lowest BCUT2D eigenvalue weighted by atomic mass is 10.1. The van der Waals surface area contributed by atoms with Gasteiger partial charge in [0.15, 0.2) is 0 Å². The minimum Gasteiger partial charge on any atom is -0.378 e. The molecule has 1 aliphatic rings.